The van der Waals surface area contributed by atoms with Crippen molar-refractivity contribution in [3.05, 3.63) is 21.6 Å². The van der Waals surface area contributed by atoms with Crippen LogP contribution in [0.15, 0.2) is 4.79 Å². The fourth-order valence-electron chi connectivity index (χ4n) is 2.85. The van der Waals surface area contributed by atoms with Gasteiger partial charge in [0.05, 0.1) is 0 Å². The lowest BCUT2D eigenvalue weighted by Crippen LogP contribution is -2.26. The van der Waals surface area contributed by atoms with Gasteiger partial charge in [-0.05, 0) is 25.7 Å². The molecule has 0 aliphatic heterocycles. The highest BCUT2D eigenvalue weighted by Crippen LogP contribution is 2.20. The molecule has 0 bridgehead atoms. The molecular formula is C17H31N3O. The van der Waals surface area contributed by atoms with Crippen LogP contribution in [0.4, 0.5) is 5.95 Å². The third kappa shape index (κ3) is 4.87. The molecule has 1 atom stereocenters. The topological polar surface area (TPSA) is 46.9 Å². The fraction of sp³-hybridized carbons (Fsp3) is 0.765. The van der Waals surface area contributed by atoms with Crippen molar-refractivity contribution in [3.8, 4) is 0 Å². The first-order chi connectivity index (χ1) is 10.0. The second kappa shape index (κ2) is 8.85. The molecule has 4 heteroatoms. The molecule has 0 aromatic carbocycles. The van der Waals surface area contributed by atoms with Gasteiger partial charge in [-0.25, -0.2) is 4.98 Å². The van der Waals surface area contributed by atoms with Gasteiger partial charge in [0.1, 0.15) is 0 Å². The van der Waals surface area contributed by atoms with Crippen molar-refractivity contribution in [2.45, 2.75) is 65.7 Å². The molecule has 1 rings (SSSR count). The molecule has 0 amide bonds. The van der Waals surface area contributed by atoms with E-state index in [-0.39, 0.29) is 5.56 Å². The van der Waals surface area contributed by atoms with E-state index in [1.54, 1.807) is 18.7 Å². The lowest BCUT2D eigenvalue weighted by atomic mass is 9.92. The minimum atomic E-state index is 0.0928. The molecule has 120 valence electrons. The number of hydrogen-bond donors (Lipinski definition) is 1. The van der Waals surface area contributed by atoms with Gasteiger partial charge in [0.2, 0.25) is 5.95 Å². The molecule has 0 spiro atoms. The second-order valence-corrected chi connectivity index (χ2v) is 5.92. The molecule has 1 heterocycles. The number of nitrogens with zero attached hydrogens (tertiary/aromatic N) is 2. The van der Waals surface area contributed by atoms with Gasteiger partial charge < -0.3 is 5.32 Å². The zero-order chi connectivity index (χ0) is 15.8. The van der Waals surface area contributed by atoms with E-state index in [1.807, 2.05) is 6.92 Å². The molecule has 0 saturated heterocycles. The van der Waals surface area contributed by atoms with Crippen LogP contribution >= 0.6 is 0 Å². The van der Waals surface area contributed by atoms with Crippen molar-refractivity contribution in [1.82, 2.24) is 9.55 Å². The summed E-state index contributed by atoms with van der Waals surface area (Å²) in [6, 6.07) is 0. The van der Waals surface area contributed by atoms with E-state index in [0.717, 1.165) is 30.0 Å². The van der Waals surface area contributed by atoms with Crippen LogP contribution in [0.2, 0.25) is 0 Å². The van der Waals surface area contributed by atoms with E-state index in [2.05, 4.69) is 24.1 Å². The highest BCUT2D eigenvalue weighted by Gasteiger charge is 2.13. The number of rotatable bonds is 9. The molecule has 0 saturated carbocycles. The number of unbranched alkanes of at least 4 members (excludes halogenated alkanes) is 2. The van der Waals surface area contributed by atoms with Crippen molar-refractivity contribution in [3.63, 3.8) is 0 Å². The SMILES string of the molecule is CCCCCC(CC)CCc1c(C)nc(NC)n(C)c1=O. The molecular weight excluding hydrogens is 262 g/mol. The van der Waals surface area contributed by atoms with Crippen molar-refractivity contribution in [1.29, 1.82) is 0 Å². The largest absolute Gasteiger partial charge is 0.359 e. The van der Waals surface area contributed by atoms with Gasteiger partial charge in [0, 0.05) is 25.4 Å². The molecule has 1 aromatic rings. The van der Waals surface area contributed by atoms with Crippen molar-refractivity contribution in [2.24, 2.45) is 13.0 Å². The summed E-state index contributed by atoms with van der Waals surface area (Å²) in [7, 11) is 3.57. The molecule has 0 radical (unpaired) electrons. The number of anilines is 1. The Morgan fingerprint density at radius 1 is 1.24 bits per heavy atom. The first kappa shape index (κ1) is 17.7. The summed E-state index contributed by atoms with van der Waals surface area (Å²) in [5, 5.41) is 2.97. The van der Waals surface area contributed by atoms with Crippen molar-refractivity contribution in [2.75, 3.05) is 12.4 Å². The highest BCUT2D eigenvalue weighted by molar-refractivity contribution is 5.30. The maximum atomic E-state index is 12.4. The van der Waals surface area contributed by atoms with Crippen molar-refractivity contribution < 1.29 is 0 Å². The Balaban J connectivity index is 2.74. The van der Waals surface area contributed by atoms with Crippen molar-refractivity contribution >= 4 is 5.95 Å². The van der Waals surface area contributed by atoms with Crippen LogP contribution in [0, 0.1) is 12.8 Å². The molecule has 21 heavy (non-hydrogen) atoms. The lowest BCUT2D eigenvalue weighted by molar-refractivity contribution is 0.415. The van der Waals surface area contributed by atoms with Crippen LogP contribution in [-0.2, 0) is 13.5 Å². The van der Waals surface area contributed by atoms with Gasteiger partial charge in [0.15, 0.2) is 0 Å². The second-order valence-electron chi connectivity index (χ2n) is 5.92. The summed E-state index contributed by atoms with van der Waals surface area (Å²) < 4.78 is 1.61. The number of aromatic nitrogens is 2. The first-order valence-corrected chi connectivity index (χ1v) is 8.29. The van der Waals surface area contributed by atoms with Gasteiger partial charge in [-0.1, -0.05) is 46.0 Å². The Morgan fingerprint density at radius 3 is 2.52 bits per heavy atom. The summed E-state index contributed by atoms with van der Waals surface area (Å²) in [5.74, 6) is 1.36. The fourth-order valence-corrected chi connectivity index (χ4v) is 2.85. The Hall–Kier alpha value is -1.32. The summed E-state index contributed by atoms with van der Waals surface area (Å²) in [4.78, 5) is 16.9. The molecule has 0 fully saturated rings. The van der Waals surface area contributed by atoms with Gasteiger partial charge in [-0.2, -0.15) is 0 Å². The Morgan fingerprint density at radius 2 is 1.95 bits per heavy atom. The van der Waals surface area contributed by atoms with E-state index in [1.165, 1.54) is 32.1 Å². The molecule has 1 aromatic heterocycles. The average molecular weight is 293 g/mol. The summed E-state index contributed by atoms with van der Waals surface area (Å²) in [6.07, 6.45) is 8.32. The van der Waals surface area contributed by atoms with E-state index >= 15 is 0 Å². The van der Waals surface area contributed by atoms with Crippen LogP contribution in [0.3, 0.4) is 0 Å². The molecule has 1 unspecified atom stereocenters. The van der Waals surface area contributed by atoms with Crippen LogP contribution in [0.25, 0.3) is 0 Å². The zero-order valence-corrected chi connectivity index (χ0v) is 14.3. The van der Waals surface area contributed by atoms with E-state index in [9.17, 15) is 4.79 Å². The number of hydrogen-bond acceptors (Lipinski definition) is 3. The summed E-state index contributed by atoms with van der Waals surface area (Å²) in [5.41, 5.74) is 1.84. The standard InChI is InChI=1S/C17H31N3O/c1-6-8-9-10-14(7-2)11-12-15-13(3)19-17(18-4)20(5)16(15)21/h14H,6-12H2,1-5H3,(H,18,19). The Bertz CT molecular complexity index is 494. The van der Waals surface area contributed by atoms with Crippen LogP contribution in [0.1, 0.15) is 63.6 Å². The predicted octanol–water partition coefficient (Wildman–Crippen LogP) is 3.67. The predicted molar refractivity (Wildman–Crippen MR) is 90.0 cm³/mol. The molecule has 4 nitrogen and oxygen atoms in total. The maximum Gasteiger partial charge on any atom is 0.258 e. The lowest BCUT2D eigenvalue weighted by Gasteiger charge is -2.16. The Labute approximate surface area is 129 Å². The van der Waals surface area contributed by atoms with Gasteiger partial charge in [-0.3, -0.25) is 9.36 Å². The maximum absolute atomic E-state index is 12.4. The Kier molecular flexibility index (Phi) is 7.48. The van der Waals surface area contributed by atoms with Crippen LogP contribution < -0.4 is 10.9 Å². The number of nitrogens with one attached hydrogen (secondary N) is 1. The van der Waals surface area contributed by atoms with E-state index in [0.29, 0.717) is 5.95 Å². The summed E-state index contributed by atoms with van der Waals surface area (Å²) >= 11 is 0. The smallest absolute Gasteiger partial charge is 0.258 e. The van der Waals surface area contributed by atoms with Gasteiger partial charge in [-0.15, -0.1) is 0 Å². The highest BCUT2D eigenvalue weighted by atomic mass is 16.1. The van der Waals surface area contributed by atoms with Gasteiger partial charge >= 0.3 is 0 Å². The van der Waals surface area contributed by atoms with E-state index in [4.69, 9.17) is 0 Å². The molecule has 0 aliphatic rings. The van der Waals surface area contributed by atoms with Crippen LogP contribution in [0.5, 0.6) is 0 Å². The third-order valence-corrected chi connectivity index (χ3v) is 4.41. The zero-order valence-electron chi connectivity index (χ0n) is 14.3. The summed E-state index contributed by atoms with van der Waals surface area (Å²) in [6.45, 7) is 6.43. The molecule has 0 aliphatic carbocycles. The first-order valence-electron chi connectivity index (χ1n) is 8.29. The third-order valence-electron chi connectivity index (χ3n) is 4.41. The number of aryl methyl sites for hydroxylation is 1. The quantitative estimate of drug-likeness (QED) is 0.707. The minimum absolute atomic E-state index is 0.0928. The normalized spacial score (nSPS) is 12.4. The van der Waals surface area contributed by atoms with E-state index < -0.39 is 0 Å². The average Bonchev–Trinajstić information content (AvgIpc) is 2.49. The monoisotopic (exact) mass is 293 g/mol. The van der Waals surface area contributed by atoms with Crippen LogP contribution in [-0.4, -0.2) is 16.6 Å². The van der Waals surface area contributed by atoms with Gasteiger partial charge in [0.25, 0.3) is 5.56 Å². The minimum Gasteiger partial charge on any atom is -0.359 e. The molecule has 1 N–H and O–H groups in total.